The summed E-state index contributed by atoms with van der Waals surface area (Å²) in [6.45, 7) is 3.64. The lowest BCUT2D eigenvalue weighted by molar-refractivity contribution is 0.585. The number of nitrogens with two attached hydrogens (primary N) is 1. The number of nitrogens with zero attached hydrogens (tertiary/aromatic N) is 1. The molecule has 2 rings (SSSR count). The molecule has 16 heavy (non-hydrogen) atoms. The van der Waals surface area contributed by atoms with Crippen LogP contribution in [0, 0.1) is 0 Å². The Hall–Kier alpha value is -1.45. The van der Waals surface area contributed by atoms with Crippen LogP contribution in [0.1, 0.15) is 18.5 Å². The molecule has 1 atom stereocenters. The maximum absolute atomic E-state index is 5.49. The van der Waals surface area contributed by atoms with Crippen molar-refractivity contribution in [1.82, 2.24) is 10.3 Å². The second kappa shape index (κ2) is 5.05. The molecule has 1 aromatic heterocycles. The first-order valence-corrected chi connectivity index (χ1v) is 5.60. The van der Waals surface area contributed by atoms with Crippen LogP contribution in [0.4, 0.5) is 0 Å². The Labute approximate surface area is 95.7 Å². The van der Waals surface area contributed by atoms with Crippen molar-refractivity contribution in [2.75, 3.05) is 13.1 Å². The minimum Gasteiger partial charge on any atom is -0.329 e. The summed E-state index contributed by atoms with van der Waals surface area (Å²) in [6, 6.07) is 10.6. The second-order valence-electron chi connectivity index (χ2n) is 3.88. The van der Waals surface area contributed by atoms with Gasteiger partial charge in [0.1, 0.15) is 0 Å². The van der Waals surface area contributed by atoms with E-state index in [4.69, 9.17) is 5.73 Å². The third kappa shape index (κ3) is 2.21. The molecule has 0 aliphatic rings. The fourth-order valence-corrected chi connectivity index (χ4v) is 1.91. The van der Waals surface area contributed by atoms with Gasteiger partial charge in [0.05, 0.1) is 5.52 Å². The monoisotopic (exact) mass is 215 g/mol. The summed E-state index contributed by atoms with van der Waals surface area (Å²) in [5, 5.41) is 4.60. The first-order chi connectivity index (χ1) is 7.83. The SMILES string of the molecule is CC(NCCN)c1cccc2ncccc12. The van der Waals surface area contributed by atoms with E-state index >= 15 is 0 Å². The molecule has 2 aromatic rings. The lowest BCUT2D eigenvalue weighted by atomic mass is 10.0. The van der Waals surface area contributed by atoms with Gasteiger partial charge in [0.15, 0.2) is 0 Å². The van der Waals surface area contributed by atoms with Gasteiger partial charge in [0, 0.05) is 30.7 Å². The Balaban J connectivity index is 2.36. The molecule has 1 heterocycles. The van der Waals surface area contributed by atoms with Gasteiger partial charge in [-0.3, -0.25) is 4.98 Å². The molecular weight excluding hydrogens is 198 g/mol. The standard InChI is InChI=1S/C13H17N3/c1-10(15-9-7-14)11-4-2-6-13-12(11)5-3-8-16-13/h2-6,8,10,15H,7,9,14H2,1H3. The molecule has 0 saturated heterocycles. The molecule has 84 valence electrons. The topological polar surface area (TPSA) is 50.9 Å². The van der Waals surface area contributed by atoms with Crippen molar-refractivity contribution in [2.45, 2.75) is 13.0 Å². The van der Waals surface area contributed by atoms with Crippen molar-refractivity contribution in [3.63, 3.8) is 0 Å². The van der Waals surface area contributed by atoms with Gasteiger partial charge in [-0.25, -0.2) is 0 Å². The van der Waals surface area contributed by atoms with E-state index in [0.717, 1.165) is 12.1 Å². The highest BCUT2D eigenvalue weighted by Gasteiger charge is 2.07. The van der Waals surface area contributed by atoms with E-state index in [-0.39, 0.29) is 0 Å². The quantitative estimate of drug-likeness (QED) is 0.818. The van der Waals surface area contributed by atoms with Gasteiger partial charge in [-0.1, -0.05) is 18.2 Å². The molecule has 3 heteroatoms. The highest BCUT2D eigenvalue weighted by Crippen LogP contribution is 2.22. The molecular formula is C13H17N3. The van der Waals surface area contributed by atoms with Crippen LogP contribution >= 0.6 is 0 Å². The largest absolute Gasteiger partial charge is 0.329 e. The van der Waals surface area contributed by atoms with Crippen LogP contribution in [0.5, 0.6) is 0 Å². The number of fused-ring (bicyclic) bond motifs is 1. The smallest absolute Gasteiger partial charge is 0.0705 e. The van der Waals surface area contributed by atoms with Crippen molar-refractivity contribution in [3.8, 4) is 0 Å². The molecule has 3 nitrogen and oxygen atoms in total. The zero-order valence-electron chi connectivity index (χ0n) is 9.48. The van der Waals surface area contributed by atoms with Crippen molar-refractivity contribution in [1.29, 1.82) is 0 Å². The van der Waals surface area contributed by atoms with E-state index in [0.29, 0.717) is 12.6 Å². The van der Waals surface area contributed by atoms with Gasteiger partial charge < -0.3 is 11.1 Å². The van der Waals surface area contributed by atoms with Gasteiger partial charge in [0.2, 0.25) is 0 Å². The molecule has 0 fully saturated rings. The average Bonchev–Trinajstić information content (AvgIpc) is 2.35. The van der Waals surface area contributed by atoms with Gasteiger partial charge >= 0.3 is 0 Å². The van der Waals surface area contributed by atoms with E-state index in [1.165, 1.54) is 10.9 Å². The summed E-state index contributed by atoms with van der Waals surface area (Å²) in [5.41, 5.74) is 7.81. The minimum absolute atomic E-state index is 0.302. The predicted octanol–water partition coefficient (Wildman–Crippen LogP) is 1.84. The Morgan fingerprint density at radius 2 is 2.19 bits per heavy atom. The molecule has 0 amide bonds. The van der Waals surface area contributed by atoms with E-state index in [1.54, 1.807) is 0 Å². The highest BCUT2D eigenvalue weighted by atomic mass is 14.9. The Kier molecular flexibility index (Phi) is 3.49. The van der Waals surface area contributed by atoms with Crippen LogP contribution in [-0.4, -0.2) is 18.1 Å². The van der Waals surface area contributed by atoms with Gasteiger partial charge in [-0.2, -0.15) is 0 Å². The van der Waals surface area contributed by atoms with E-state index < -0.39 is 0 Å². The molecule has 1 aromatic carbocycles. The zero-order valence-corrected chi connectivity index (χ0v) is 9.48. The van der Waals surface area contributed by atoms with Crippen molar-refractivity contribution >= 4 is 10.9 Å². The Bertz CT molecular complexity index is 462. The minimum atomic E-state index is 0.302. The second-order valence-corrected chi connectivity index (χ2v) is 3.88. The molecule has 0 spiro atoms. The molecule has 0 saturated carbocycles. The first kappa shape index (κ1) is 11.0. The summed E-state index contributed by atoms with van der Waals surface area (Å²) in [4.78, 5) is 4.35. The number of nitrogens with one attached hydrogen (secondary N) is 1. The zero-order chi connectivity index (χ0) is 11.4. The van der Waals surface area contributed by atoms with E-state index in [2.05, 4.69) is 29.4 Å². The van der Waals surface area contributed by atoms with Crippen LogP contribution < -0.4 is 11.1 Å². The van der Waals surface area contributed by atoms with Gasteiger partial charge in [-0.15, -0.1) is 0 Å². The lowest BCUT2D eigenvalue weighted by Crippen LogP contribution is -2.25. The molecule has 0 bridgehead atoms. The number of aromatic nitrogens is 1. The van der Waals surface area contributed by atoms with Crippen LogP contribution in [0.2, 0.25) is 0 Å². The fourth-order valence-electron chi connectivity index (χ4n) is 1.91. The summed E-state index contributed by atoms with van der Waals surface area (Å²) < 4.78 is 0. The number of hydrogen-bond acceptors (Lipinski definition) is 3. The Morgan fingerprint density at radius 3 is 3.00 bits per heavy atom. The van der Waals surface area contributed by atoms with E-state index in [9.17, 15) is 0 Å². The molecule has 0 aliphatic carbocycles. The van der Waals surface area contributed by atoms with Crippen LogP contribution in [0.3, 0.4) is 0 Å². The first-order valence-electron chi connectivity index (χ1n) is 5.60. The fraction of sp³-hybridized carbons (Fsp3) is 0.308. The van der Waals surface area contributed by atoms with Crippen LogP contribution in [0.25, 0.3) is 10.9 Å². The molecule has 0 aliphatic heterocycles. The number of hydrogen-bond donors (Lipinski definition) is 2. The maximum atomic E-state index is 5.49. The van der Waals surface area contributed by atoms with Crippen LogP contribution in [-0.2, 0) is 0 Å². The summed E-state index contributed by atoms with van der Waals surface area (Å²) in [5.74, 6) is 0. The predicted molar refractivity (Wildman–Crippen MR) is 67.2 cm³/mol. The van der Waals surface area contributed by atoms with E-state index in [1.807, 2.05) is 24.4 Å². The molecule has 0 radical (unpaired) electrons. The summed E-state index contributed by atoms with van der Waals surface area (Å²) in [7, 11) is 0. The average molecular weight is 215 g/mol. The maximum Gasteiger partial charge on any atom is 0.0705 e. The third-order valence-corrected chi connectivity index (χ3v) is 2.74. The Morgan fingerprint density at radius 1 is 1.31 bits per heavy atom. The number of rotatable bonds is 4. The molecule has 3 N–H and O–H groups in total. The molecule has 1 unspecified atom stereocenters. The van der Waals surface area contributed by atoms with Crippen molar-refractivity contribution in [2.24, 2.45) is 5.73 Å². The number of benzene rings is 1. The third-order valence-electron chi connectivity index (χ3n) is 2.74. The van der Waals surface area contributed by atoms with Gasteiger partial charge in [-0.05, 0) is 24.6 Å². The summed E-state index contributed by atoms with van der Waals surface area (Å²) in [6.07, 6.45) is 1.82. The highest BCUT2D eigenvalue weighted by molar-refractivity contribution is 5.82. The number of pyridine rings is 1. The lowest BCUT2D eigenvalue weighted by Gasteiger charge is -2.15. The normalized spacial score (nSPS) is 12.9. The van der Waals surface area contributed by atoms with Gasteiger partial charge in [0.25, 0.3) is 0 Å². The summed E-state index contributed by atoms with van der Waals surface area (Å²) >= 11 is 0. The van der Waals surface area contributed by atoms with Crippen molar-refractivity contribution in [3.05, 3.63) is 42.1 Å². The van der Waals surface area contributed by atoms with Crippen LogP contribution in [0.15, 0.2) is 36.5 Å². The van der Waals surface area contributed by atoms with Crippen molar-refractivity contribution < 1.29 is 0 Å².